The minimum atomic E-state index is -4.52. The smallest absolute Gasteiger partial charge is 0.383 e. The molecular formula is C20H27F3O2. The molecule has 4 aliphatic carbocycles. The fourth-order valence-corrected chi connectivity index (χ4v) is 6.97. The number of aliphatic hydroxyl groups excluding tert-OH is 1. The highest BCUT2D eigenvalue weighted by Crippen LogP contribution is 2.64. The normalized spacial score (nSPS) is 45.2. The monoisotopic (exact) mass is 356 g/mol. The van der Waals surface area contributed by atoms with Gasteiger partial charge in [-0.25, -0.2) is 0 Å². The Morgan fingerprint density at radius 1 is 1.12 bits per heavy atom. The number of allylic oxidation sites excluding steroid dienone is 1. The third-order valence-electron chi connectivity index (χ3n) is 8.09. The first-order valence-corrected chi connectivity index (χ1v) is 9.70. The summed E-state index contributed by atoms with van der Waals surface area (Å²) in [5.74, 6) is 1.30. The van der Waals surface area contributed by atoms with Crippen LogP contribution >= 0.6 is 0 Å². The zero-order valence-corrected chi connectivity index (χ0v) is 14.7. The third kappa shape index (κ3) is 2.68. The van der Waals surface area contributed by atoms with E-state index in [9.17, 15) is 23.1 Å². The van der Waals surface area contributed by atoms with Crippen molar-refractivity contribution in [3.8, 4) is 0 Å². The Bertz CT molecular complexity index is 596. The molecule has 7 atom stereocenters. The molecule has 0 aliphatic heterocycles. The zero-order chi connectivity index (χ0) is 18.0. The van der Waals surface area contributed by atoms with Crippen molar-refractivity contribution in [1.29, 1.82) is 0 Å². The molecule has 0 bridgehead atoms. The number of halogens is 3. The van der Waals surface area contributed by atoms with E-state index < -0.39 is 23.6 Å². The van der Waals surface area contributed by atoms with Crippen molar-refractivity contribution in [3.05, 3.63) is 11.6 Å². The Morgan fingerprint density at radius 2 is 1.88 bits per heavy atom. The van der Waals surface area contributed by atoms with E-state index >= 15 is 0 Å². The van der Waals surface area contributed by atoms with Gasteiger partial charge in [0, 0.05) is 6.42 Å². The summed E-state index contributed by atoms with van der Waals surface area (Å²) in [6.07, 6.45) is 1.60. The molecule has 0 saturated heterocycles. The maximum Gasteiger partial charge on any atom is 0.414 e. The molecule has 5 heteroatoms. The first-order valence-electron chi connectivity index (χ1n) is 9.70. The molecule has 0 spiro atoms. The van der Waals surface area contributed by atoms with Gasteiger partial charge in [0.05, 0.1) is 0 Å². The van der Waals surface area contributed by atoms with Crippen molar-refractivity contribution in [3.63, 3.8) is 0 Å². The molecule has 3 fully saturated rings. The number of alkyl halides is 3. The van der Waals surface area contributed by atoms with Crippen molar-refractivity contribution in [2.75, 3.05) is 0 Å². The Kier molecular flexibility index (Phi) is 4.10. The molecule has 140 valence electrons. The molecule has 0 aromatic rings. The predicted octanol–water partition coefficient (Wildman–Crippen LogP) is 4.67. The number of hydrogen-bond donors (Lipinski definition) is 1. The van der Waals surface area contributed by atoms with Crippen molar-refractivity contribution in [1.82, 2.24) is 0 Å². The molecule has 0 aromatic heterocycles. The summed E-state index contributed by atoms with van der Waals surface area (Å²) in [6.45, 7) is 2.00. The van der Waals surface area contributed by atoms with Crippen molar-refractivity contribution < 1.29 is 23.1 Å². The van der Waals surface area contributed by atoms with E-state index in [0.29, 0.717) is 30.6 Å². The van der Waals surface area contributed by atoms with Crippen LogP contribution in [-0.2, 0) is 4.79 Å². The molecule has 1 N–H and O–H groups in total. The van der Waals surface area contributed by atoms with Crippen LogP contribution in [0.5, 0.6) is 0 Å². The lowest BCUT2D eigenvalue weighted by atomic mass is 9.51. The number of rotatable bonds is 1. The summed E-state index contributed by atoms with van der Waals surface area (Å²) in [7, 11) is 0. The van der Waals surface area contributed by atoms with Crippen LogP contribution in [-0.4, -0.2) is 23.2 Å². The van der Waals surface area contributed by atoms with Gasteiger partial charge in [0.15, 0.2) is 11.9 Å². The molecule has 4 aliphatic rings. The number of hydrogen-bond acceptors (Lipinski definition) is 2. The maximum absolute atomic E-state index is 13.1. The van der Waals surface area contributed by atoms with Crippen LogP contribution in [0.4, 0.5) is 13.2 Å². The van der Waals surface area contributed by atoms with E-state index in [0.717, 1.165) is 38.5 Å². The lowest BCUT2D eigenvalue weighted by Gasteiger charge is -2.54. The average Bonchev–Trinajstić information content (AvgIpc) is 2.89. The fraction of sp³-hybridized carbons (Fsp3) is 0.850. The van der Waals surface area contributed by atoms with Gasteiger partial charge in [0.1, 0.15) is 0 Å². The second-order valence-corrected chi connectivity index (χ2v) is 9.02. The van der Waals surface area contributed by atoms with Crippen LogP contribution in [0.25, 0.3) is 0 Å². The Balaban J connectivity index is 1.58. The fourth-order valence-electron chi connectivity index (χ4n) is 6.97. The molecule has 0 aromatic carbocycles. The molecule has 0 amide bonds. The summed E-state index contributed by atoms with van der Waals surface area (Å²) in [4.78, 5) is 11.7. The first kappa shape index (κ1) is 17.6. The summed E-state index contributed by atoms with van der Waals surface area (Å²) < 4.78 is 39.4. The number of fused-ring (bicyclic) bond motifs is 5. The number of aliphatic hydroxyl groups is 1. The van der Waals surface area contributed by atoms with Gasteiger partial charge in [-0.15, -0.1) is 0 Å². The minimum Gasteiger partial charge on any atom is -0.383 e. The first-order chi connectivity index (χ1) is 11.7. The van der Waals surface area contributed by atoms with Crippen LogP contribution in [0.2, 0.25) is 0 Å². The summed E-state index contributed by atoms with van der Waals surface area (Å²) in [5, 5.41) is 9.93. The number of ketones is 1. The lowest BCUT2D eigenvalue weighted by Crippen LogP contribution is -2.50. The van der Waals surface area contributed by atoms with E-state index in [4.69, 9.17) is 0 Å². The molecule has 0 heterocycles. The third-order valence-corrected chi connectivity index (χ3v) is 8.09. The van der Waals surface area contributed by atoms with Crippen LogP contribution in [0, 0.1) is 35.0 Å². The van der Waals surface area contributed by atoms with Crippen LogP contribution in [0.1, 0.15) is 58.3 Å². The molecule has 2 nitrogen and oxygen atoms in total. The van der Waals surface area contributed by atoms with Gasteiger partial charge < -0.3 is 5.11 Å². The zero-order valence-electron chi connectivity index (χ0n) is 14.7. The highest BCUT2D eigenvalue weighted by Gasteiger charge is 2.60. The van der Waals surface area contributed by atoms with Gasteiger partial charge in [-0.2, -0.15) is 13.2 Å². The summed E-state index contributed by atoms with van der Waals surface area (Å²) in [5.41, 5.74) is 0.896. The van der Waals surface area contributed by atoms with Crippen LogP contribution < -0.4 is 0 Å². The van der Waals surface area contributed by atoms with Crippen LogP contribution in [0.15, 0.2) is 11.6 Å². The van der Waals surface area contributed by atoms with Gasteiger partial charge in [-0.05, 0) is 86.0 Å². The minimum absolute atomic E-state index is 0.236. The highest BCUT2D eigenvalue weighted by atomic mass is 19.4. The SMILES string of the molecule is C[C@]12CC[C@H]3[C@@H](CCC4=CC(=O)CC[C@@H]43)[C@H]1CC[C@@H]2[C@@H](O)C(F)(F)F. The second kappa shape index (κ2) is 5.83. The van der Waals surface area contributed by atoms with E-state index in [1.165, 1.54) is 5.57 Å². The van der Waals surface area contributed by atoms with Gasteiger partial charge in [-0.1, -0.05) is 12.5 Å². The number of carbonyl (C=O) groups is 1. The predicted molar refractivity (Wildman–Crippen MR) is 87.6 cm³/mol. The average molecular weight is 356 g/mol. The maximum atomic E-state index is 13.1. The van der Waals surface area contributed by atoms with E-state index in [-0.39, 0.29) is 11.7 Å². The molecular weight excluding hydrogens is 329 g/mol. The van der Waals surface area contributed by atoms with Crippen LogP contribution in [0.3, 0.4) is 0 Å². The summed E-state index contributed by atoms with van der Waals surface area (Å²) >= 11 is 0. The molecule has 4 rings (SSSR count). The molecule has 25 heavy (non-hydrogen) atoms. The van der Waals surface area contributed by atoms with Gasteiger partial charge in [-0.3, -0.25) is 4.79 Å². The van der Waals surface area contributed by atoms with Gasteiger partial charge in [0.2, 0.25) is 0 Å². The highest BCUT2D eigenvalue weighted by molar-refractivity contribution is 5.91. The van der Waals surface area contributed by atoms with Crippen molar-refractivity contribution in [2.24, 2.45) is 35.0 Å². The van der Waals surface area contributed by atoms with Gasteiger partial charge >= 0.3 is 6.18 Å². The largest absolute Gasteiger partial charge is 0.414 e. The quantitative estimate of drug-likeness (QED) is 0.741. The number of carbonyl (C=O) groups excluding carboxylic acids is 1. The van der Waals surface area contributed by atoms with E-state index in [2.05, 4.69) is 0 Å². The molecule has 0 radical (unpaired) electrons. The second-order valence-electron chi connectivity index (χ2n) is 9.02. The molecule has 0 unspecified atom stereocenters. The Morgan fingerprint density at radius 3 is 2.60 bits per heavy atom. The molecule has 3 saturated carbocycles. The topological polar surface area (TPSA) is 37.3 Å². The van der Waals surface area contributed by atoms with Crippen molar-refractivity contribution >= 4 is 5.78 Å². The standard InChI is InChI=1S/C20H27F3O2/c1-19-9-8-14-13-5-3-12(24)10-11(13)2-4-15(14)16(19)6-7-17(19)18(25)20(21,22)23/h10,13-18,25H,2-9H2,1H3/t13-,14+,15+,16+,17+,18+,19-/m0/s1. The van der Waals surface area contributed by atoms with Gasteiger partial charge in [0.25, 0.3) is 0 Å². The Labute approximate surface area is 146 Å². The Hall–Kier alpha value is -0.840. The van der Waals surface area contributed by atoms with E-state index in [1.807, 2.05) is 13.0 Å². The summed E-state index contributed by atoms with van der Waals surface area (Å²) in [6, 6.07) is 0. The lowest BCUT2D eigenvalue weighted by molar-refractivity contribution is -0.233. The van der Waals surface area contributed by atoms with E-state index in [1.54, 1.807) is 0 Å². The van der Waals surface area contributed by atoms with Crippen molar-refractivity contribution in [2.45, 2.75) is 70.6 Å².